The molecule has 0 fully saturated rings. The number of hydrogen-bond donors (Lipinski definition) is 1. The first-order valence-corrected chi connectivity index (χ1v) is 6.14. The van der Waals surface area contributed by atoms with E-state index >= 15 is 0 Å². The van der Waals surface area contributed by atoms with Crippen molar-refractivity contribution < 1.29 is 14.3 Å². The minimum Gasteiger partial charge on any atom is -0.493 e. The van der Waals surface area contributed by atoms with Gasteiger partial charge in [0, 0.05) is 0 Å². The molecule has 0 aliphatic carbocycles. The third-order valence-corrected chi connectivity index (χ3v) is 3.29. The van der Waals surface area contributed by atoms with E-state index < -0.39 is 0 Å². The van der Waals surface area contributed by atoms with Crippen molar-refractivity contribution >= 4 is 11.9 Å². The monoisotopic (exact) mass is 274 g/mol. The molecule has 0 saturated carbocycles. The number of nitrogens with one attached hydrogen (secondary N) is 1. The highest BCUT2D eigenvalue weighted by Gasteiger charge is 2.28. The summed E-state index contributed by atoms with van der Waals surface area (Å²) < 4.78 is 12.2. The van der Waals surface area contributed by atoms with Gasteiger partial charge in [-0.25, -0.2) is 4.68 Å². The second kappa shape index (κ2) is 4.84. The van der Waals surface area contributed by atoms with Gasteiger partial charge in [-0.3, -0.25) is 10.1 Å². The highest BCUT2D eigenvalue weighted by atomic mass is 16.5. The average molecular weight is 274 g/mol. The Bertz CT molecular complexity index is 653. The Morgan fingerprint density at radius 3 is 2.85 bits per heavy atom. The quantitative estimate of drug-likeness (QED) is 0.910. The molecule has 2 aromatic rings. The molecule has 2 heterocycles. The van der Waals surface area contributed by atoms with E-state index in [0.717, 1.165) is 5.56 Å². The van der Waals surface area contributed by atoms with E-state index in [1.54, 1.807) is 18.9 Å². The topological polar surface area (TPSA) is 78.3 Å². The lowest BCUT2D eigenvalue weighted by Gasteiger charge is -2.24. The SMILES string of the molecule is COc1ccc([C@@H]2CC(=O)Nc3ncnn32)cc1OC. The molecule has 1 atom stereocenters. The first-order valence-electron chi connectivity index (χ1n) is 6.14. The summed E-state index contributed by atoms with van der Waals surface area (Å²) in [5, 5.41) is 6.85. The first-order chi connectivity index (χ1) is 9.72. The third-order valence-electron chi connectivity index (χ3n) is 3.29. The van der Waals surface area contributed by atoms with Crippen molar-refractivity contribution in [1.29, 1.82) is 0 Å². The van der Waals surface area contributed by atoms with Gasteiger partial charge in [0.1, 0.15) is 6.33 Å². The number of methoxy groups -OCH3 is 2. The van der Waals surface area contributed by atoms with Gasteiger partial charge in [-0.1, -0.05) is 6.07 Å². The molecule has 0 saturated heterocycles. The summed E-state index contributed by atoms with van der Waals surface area (Å²) in [5.74, 6) is 1.65. The summed E-state index contributed by atoms with van der Waals surface area (Å²) in [4.78, 5) is 15.8. The summed E-state index contributed by atoms with van der Waals surface area (Å²) >= 11 is 0. The van der Waals surface area contributed by atoms with E-state index in [0.29, 0.717) is 23.9 Å². The highest BCUT2D eigenvalue weighted by Crippen LogP contribution is 2.34. The average Bonchev–Trinajstić information content (AvgIpc) is 2.93. The van der Waals surface area contributed by atoms with E-state index in [4.69, 9.17) is 9.47 Å². The Balaban J connectivity index is 2.04. The number of anilines is 1. The fourth-order valence-corrected chi connectivity index (χ4v) is 2.32. The van der Waals surface area contributed by atoms with E-state index in [1.807, 2.05) is 18.2 Å². The Kier molecular flexibility index (Phi) is 3.02. The molecule has 0 spiro atoms. The van der Waals surface area contributed by atoms with Crippen LogP contribution < -0.4 is 14.8 Å². The van der Waals surface area contributed by atoms with Gasteiger partial charge < -0.3 is 9.47 Å². The summed E-state index contributed by atoms with van der Waals surface area (Å²) in [6, 6.07) is 5.38. The zero-order valence-corrected chi connectivity index (χ0v) is 11.2. The summed E-state index contributed by atoms with van der Waals surface area (Å²) in [5.41, 5.74) is 0.921. The molecule has 1 amide bonds. The molecule has 20 heavy (non-hydrogen) atoms. The molecule has 7 nitrogen and oxygen atoms in total. The molecule has 3 rings (SSSR count). The van der Waals surface area contributed by atoms with Crippen LogP contribution in [0.2, 0.25) is 0 Å². The Morgan fingerprint density at radius 1 is 1.30 bits per heavy atom. The maximum absolute atomic E-state index is 11.7. The summed E-state index contributed by atoms with van der Waals surface area (Å²) in [6.45, 7) is 0. The van der Waals surface area contributed by atoms with Crippen LogP contribution in [-0.2, 0) is 4.79 Å². The number of aromatic nitrogens is 3. The third kappa shape index (κ3) is 1.97. The lowest BCUT2D eigenvalue weighted by atomic mass is 10.0. The molecule has 0 bridgehead atoms. The normalized spacial score (nSPS) is 17.3. The van der Waals surface area contributed by atoms with Crippen LogP contribution in [0.25, 0.3) is 0 Å². The highest BCUT2D eigenvalue weighted by molar-refractivity contribution is 5.91. The number of carbonyl (C=O) groups excluding carboxylic acids is 1. The fourth-order valence-electron chi connectivity index (χ4n) is 2.32. The molecule has 7 heteroatoms. The minimum absolute atomic E-state index is 0.0784. The summed E-state index contributed by atoms with van der Waals surface area (Å²) in [7, 11) is 3.16. The molecular formula is C13H14N4O3. The van der Waals surface area contributed by atoms with Crippen molar-refractivity contribution in [3.8, 4) is 11.5 Å². The van der Waals surface area contributed by atoms with Crippen LogP contribution in [0.5, 0.6) is 11.5 Å². The van der Waals surface area contributed by atoms with Crippen LogP contribution >= 0.6 is 0 Å². The molecule has 1 aromatic carbocycles. The maximum atomic E-state index is 11.7. The van der Waals surface area contributed by atoms with Crippen molar-refractivity contribution in [3.05, 3.63) is 30.1 Å². The zero-order valence-electron chi connectivity index (χ0n) is 11.2. The van der Waals surface area contributed by atoms with Crippen molar-refractivity contribution in [2.24, 2.45) is 0 Å². The molecular weight excluding hydrogens is 260 g/mol. The molecule has 1 aliphatic rings. The van der Waals surface area contributed by atoms with Gasteiger partial charge >= 0.3 is 0 Å². The van der Waals surface area contributed by atoms with Crippen LogP contribution in [-0.4, -0.2) is 34.9 Å². The van der Waals surface area contributed by atoms with Crippen molar-refractivity contribution in [1.82, 2.24) is 14.8 Å². The Labute approximate surface area is 115 Å². The van der Waals surface area contributed by atoms with Gasteiger partial charge in [0.2, 0.25) is 11.9 Å². The molecule has 1 N–H and O–H groups in total. The zero-order chi connectivity index (χ0) is 14.1. The predicted molar refractivity (Wildman–Crippen MR) is 71.0 cm³/mol. The molecule has 0 radical (unpaired) electrons. The standard InChI is InChI=1S/C13H14N4O3/c1-19-10-4-3-8(5-11(10)20-2)9-6-12(18)16-13-14-7-15-17(9)13/h3-5,7,9H,6H2,1-2H3,(H,14,15,16,18)/t9-/m0/s1. The molecule has 1 aliphatic heterocycles. The Morgan fingerprint density at radius 2 is 2.10 bits per heavy atom. The van der Waals surface area contributed by atoms with Crippen LogP contribution in [0.1, 0.15) is 18.0 Å². The smallest absolute Gasteiger partial charge is 0.229 e. The van der Waals surface area contributed by atoms with Gasteiger partial charge in [-0.2, -0.15) is 10.1 Å². The summed E-state index contributed by atoms with van der Waals surface area (Å²) in [6.07, 6.45) is 1.74. The predicted octanol–water partition coefficient (Wildman–Crippen LogP) is 1.23. The number of carbonyl (C=O) groups is 1. The van der Waals surface area contributed by atoms with E-state index in [2.05, 4.69) is 15.4 Å². The van der Waals surface area contributed by atoms with Gasteiger partial charge in [0.05, 0.1) is 26.7 Å². The first kappa shape index (κ1) is 12.5. The van der Waals surface area contributed by atoms with E-state index in [1.165, 1.54) is 6.33 Å². The van der Waals surface area contributed by atoms with Gasteiger partial charge in [0.25, 0.3) is 0 Å². The minimum atomic E-state index is -0.193. The number of rotatable bonds is 3. The molecule has 0 unspecified atom stereocenters. The lowest BCUT2D eigenvalue weighted by Crippen LogP contribution is -2.29. The van der Waals surface area contributed by atoms with E-state index in [9.17, 15) is 4.79 Å². The maximum Gasteiger partial charge on any atom is 0.229 e. The largest absolute Gasteiger partial charge is 0.493 e. The van der Waals surface area contributed by atoms with Crippen LogP contribution in [0.15, 0.2) is 24.5 Å². The van der Waals surface area contributed by atoms with Crippen molar-refractivity contribution in [2.75, 3.05) is 19.5 Å². The number of benzene rings is 1. The van der Waals surface area contributed by atoms with E-state index in [-0.39, 0.29) is 11.9 Å². The van der Waals surface area contributed by atoms with Crippen LogP contribution in [0.4, 0.5) is 5.95 Å². The number of nitrogens with zero attached hydrogens (tertiary/aromatic N) is 3. The number of hydrogen-bond acceptors (Lipinski definition) is 5. The second-order valence-electron chi connectivity index (χ2n) is 4.41. The number of ether oxygens (including phenoxy) is 2. The van der Waals surface area contributed by atoms with Gasteiger partial charge in [-0.15, -0.1) is 0 Å². The fraction of sp³-hybridized carbons (Fsp3) is 0.308. The van der Waals surface area contributed by atoms with Crippen LogP contribution in [0, 0.1) is 0 Å². The number of amides is 1. The molecule has 104 valence electrons. The lowest BCUT2D eigenvalue weighted by molar-refractivity contribution is -0.117. The molecule has 1 aromatic heterocycles. The van der Waals surface area contributed by atoms with Crippen molar-refractivity contribution in [3.63, 3.8) is 0 Å². The van der Waals surface area contributed by atoms with Crippen molar-refractivity contribution in [2.45, 2.75) is 12.5 Å². The second-order valence-corrected chi connectivity index (χ2v) is 4.41. The van der Waals surface area contributed by atoms with Crippen LogP contribution in [0.3, 0.4) is 0 Å². The number of fused-ring (bicyclic) bond motifs is 1. The van der Waals surface area contributed by atoms with Gasteiger partial charge in [0.15, 0.2) is 11.5 Å². The Hall–Kier alpha value is -2.57. The van der Waals surface area contributed by atoms with Gasteiger partial charge in [-0.05, 0) is 17.7 Å².